The van der Waals surface area contributed by atoms with Crippen molar-refractivity contribution in [2.45, 2.75) is 52.1 Å². The van der Waals surface area contributed by atoms with Crippen molar-refractivity contribution in [3.05, 3.63) is 212 Å². The molecule has 0 spiro atoms. The Kier molecular flexibility index (Phi) is 21.9. The number of nitrogens with zero attached hydrogens (tertiary/aromatic N) is 11. The summed E-state index contributed by atoms with van der Waals surface area (Å²) in [6, 6.07) is 42.3. The lowest BCUT2D eigenvalue weighted by Crippen LogP contribution is -2.45. The van der Waals surface area contributed by atoms with E-state index in [2.05, 4.69) is 149 Å². The molecule has 6 aromatic heterocycles. The fraction of sp³-hybridized carbons (Fsp3) is 0.197. The quantitative estimate of drug-likeness (QED) is 0.0781. The SMILES string of the molecule is COc1c(I)cnc2c(-c3ccc(C#N)cc3)cncc12.C[C@@H]1CN(c2ccc(B(O)O)cc2)C[C@H](C)O1.N#Cc1ccc(-c2cncc3c(Cl)c(I)cnc23)cc1.[C-]#[N+]c1ccc(-c2cncc3c(OC)c(-c4ccc(N5C[C@@H](C)O[C@@H](C)C5)cc4)cnc23)cc1. The summed E-state index contributed by atoms with van der Waals surface area (Å²) in [5.41, 5.74) is 14.7. The molecule has 5 aromatic carbocycles. The van der Waals surface area contributed by atoms with Crippen LogP contribution in [-0.2, 0) is 9.47 Å². The molecule has 2 aliphatic rings. The predicted octanol–water partition coefficient (Wildman–Crippen LogP) is 14.3. The molecule has 460 valence electrons. The van der Waals surface area contributed by atoms with E-state index in [-0.39, 0.29) is 24.4 Å². The van der Waals surface area contributed by atoms with Gasteiger partial charge in [-0.2, -0.15) is 10.5 Å². The Balaban J connectivity index is 0.000000140. The molecule has 0 bridgehead atoms. The van der Waals surface area contributed by atoms with Crippen molar-refractivity contribution in [1.29, 1.82) is 10.5 Å². The maximum Gasteiger partial charge on any atom is 0.488 e. The van der Waals surface area contributed by atoms with E-state index in [0.717, 1.165) is 128 Å². The van der Waals surface area contributed by atoms with Crippen LogP contribution in [0.25, 0.3) is 82.1 Å². The predicted molar refractivity (Wildman–Crippen MR) is 380 cm³/mol. The maximum atomic E-state index is 9.03. The second kappa shape index (κ2) is 30.5. The molecule has 2 aliphatic heterocycles. The number of morpholine rings is 2. The molecule has 0 aliphatic carbocycles. The molecule has 17 nitrogen and oxygen atoms in total. The van der Waals surface area contributed by atoms with Gasteiger partial charge in [-0.05, 0) is 149 Å². The molecule has 11 aromatic rings. The van der Waals surface area contributed by atoms with Crippen molar-refractivity contribution in [2.24, 2.45) is 0 Å². The molecular weight excluding hydrogens is 1400 g/mol. The molecule has 0 radical (unpaired) electrons. The van der Waals surface area contributed by atoms with E-state index in [4.69, 9.17) is 62.7 Å². The molecule has 92 heavy (non-hydrogen) atoms. The molecule has 2 N–H and O–H groups in total. The van der Waals surface area contributed by atoms with Crippen molar-refractivity contribution < 1.29 is 29.0 Å². The zero-order valence-electron chi connectivity index (χ0n) is 51.0. The number of hydrogen-bond acceptors (Lipinski definition) is 16. The zero-order chi connectivity index (χ0) is 65.0. The Labute approximate surface area is 566 Å². The summed E-state index contributed by atoms with van der Waals surface area (Å²) in [6.07, 6.45) is 16.9. The number of aromatic nitrogens is 6. The number of pyridine rings is 6. The molecule has 4 atom stereocenters. The molecule has 0 saturated carbocycles. The monoisotopic (exact) mass is 1460 g/mol. The van der Waals surface area contributed by atoms with Crippen molar-refractivity contribution in [3.8, 4) is 68.1 Å². The zero-order valence-corrected chi connectivity index (χ0v) is 56.1. The van der Waals surface area contributed by atoms with Gasteiger partial charge in [0.25, 0.3) is 0 Å². The second-order valence-electron chi connectivity index (χ2n) is 21.9. The third-order valence-electron chi connectivity index (χ3n) is 15.4. The van der Waals surface area contributed by atoms with Gasteiger partial charge in [0, 0.05) is 121 Å². The van der Waals surface area contributed by atoms with Crippen LogP contribution in [0.5, 0.6) is 11.5 Å². The molecule has 2 saturated heterocycles. The number of methoxy groups -OCH3 is 2. The van der Waals surface area contributed by atoms with Gasteiger partial charge in [0.15, 0.2) is 5.69 Å². The second-order valence-corrected chi connectivity index (χ2v) is 24.6. The van der Waals surface area contributed by atoms with Gasteiger partial charge < -0.3 is 38.8 Å². The van der Waals surface area contributed by atoms with Gasteiger partial charge in [-0.1, -0.05) is 84.4 Å². The standard InChI is InChI=1S/C28H26N4O2.C16H10IN3O.C15H7ClIN3.C12H18BNO3/c1-18-16-32(17-19(2)34-18)23-11-7-21(8-12-23)25-15-31-27-24(13-30-14-26(27)28(25)33-4)20-5-9-22(29-3)10-6-20;1-21-16-13-8-19-7-12(15(13)20-9-14(16)17)11-4-2-10(6-18)3-5-11;16-14-12-7-19-6-11(15(12)20-8-13(14)17)10-3-1-9(5-18)2-4-10;1-9-7-14(8-10(2)17-9)12-5-3-11(4-6-12)13(15)16/h5-15,18-19H,16-17H2,1-2,4H3;2-5,7-9H,1H3;1-4,6-8H;3-6,9-10,15-16H,7-8H2,1-2H3/t18-,19+;;;9-,10+. The molecule has 21 heteroatoms. The highest BCUT2D eigenvalue weighted by molar-refractivity contribution is 14.1. The van der Waals surface area contributed by atoms with E-state index >= 15 is 0 Å². The number of nitriles is 2. The van der Waals surface area contributed by atoms with E-state index < -0.39 is 7.12 Å². The Morgan fingerprint density at radius 1 is 0.511 bits per heavy atom. The van der Waals surface area contributed by atoms with Gasteiger partial charge in [-0.15, -0.1) is 0 Å². The van der Waals surface area contributed by atoms with Crippen LogP contribution >= 0.6 is 56.8 Å². The lowest BCUT2D eigenvalue weighted by molar-refractivity contribution is -0.00548. The largest absolute Gasteiger partial charge is 0.495 e. The highest BCUT2D eigenvalue weighted by atomic mass is 127. The smallest absolute Gasteiger partial charge is 0.488 e. The minimum atomic E-state index is -1.40. The molecule has 0 unspecified atom stereocenters. The molecule has 13 rings (SSSR count). The number of benzene rings is 5. The number of hydrogen-bond donors (Lipinski definition) is 2. The molecular formula is C71H61BClI2N11O6. The van der Waals surface area contributed by atoms with E-state index in [1.807, 2.05) is 66.9 Å². The normalized spacial score (nSPS) is 15.9. The van der Waals surface area contributed by atoms with Gasteiger partial charge in [-0.3, -0.25) is 29.9 Å². The Morgan fingerprint density at radius 2 is 0.880 bits per heavy atom. The minimum absolute atomic E-state index is 0.215. The van der Waals surface area contributed by atoms with Crippen LogP contribution < -0.4 is 24.7 Å². The van der Waals surface area contributed by atoms with Crippen LogP contribution in [0.4, 0.5) is 17.1 Å². The van der Waals surface area contributed by atoms with Crippen LogP contribution in [-0.4, -0.2) is 112 Å². The number of halogens is 3. The summed E-state index contributed by atoms with van der Waals surface area (Å²) in [4.78, 5) is 34.9. The van der Waals surface area contributed by atoms with Crippen LogP contribution in [0.3, 0.4) is 0 Å². The number of rotatable bonds is 9. The Morgan fingerprint density at radius 3 is 1.30 bits per heavy atom. The van der Waals surface area contributed by atoms with Crippen LogP contribution in [0, 0.1) is 36.4 Å². The Bertz CT molecular complexity index is 4520. The molecule has 8 heterocycles. The summed E-state index contributed by atoms with van der Waals surface area (Å²) in [7, 11) is 1.93. The van der Waals surface area contributed by atoms with Gasteiger partial charge in [0.05, 0.1) is 108 Å². The average molecular weight is 1460 g/mol. The first-order chi connectivity index (χ1) is 44.6. The first kappa shape index (κ1) is 66.0. The number of anilines is 2. The summed E-state index contributed by atoms with van der Waals surface area (Å²) in [5.74, 6) is 1.53. The van der Waals surface area contributed by atoms with E-state index in [1.165, 1.54) is 5.69 Å². The van der Waals surface area contributed by atoms with E-state index in [1.54, 1.807) is 100 Å². The highest BCUT2D eigenvalue weighted by Gasteiger charge is 2.25. The number of fused-ring (bicyclic) bond motifs is 3. The molecule has 2 fully saturated rings. The summed E-state index contributed by atoms with van der Waals surface area (Å²) >= 11 is 10.6. The van der Waals surface area contributed by atoms with Crippen LogP contribution in [0.15, 0.2) is 177 Å². The maximum absolute atomic E-state index is 9.03. The molecule has 0 amide bonds. The van der Waals surface area contributed by atoms with Gasteiger partial charge in [0.1, 0.15) is 11.5 Å². The number of ether oxygens (including phenoxy) is 4. The summed E-state index contributed by atoms with van der Waals surface area (Å²) in [5, 5.41) is 39.0. The van der Waals surface area contributed by atoms with Gasteiger partial charge in [0.2, 0.25) is 0 Å². The van der Waals surface area contributed by atoms with Crippen LogP contribution in [0.2, 0.25) is 5.02 Å². The third-order valence-corrected chi connectivity index (χ3v) is 17.7. The van der Waals surface area contributed by atoms with Gasteiger partial charge in [-0.25, -0.2) is 4.85 Å². The highest BCUT2D eigenvalue weighted by Crippen LogP contribution is 2.40. The van der Waals surface area contributed by atoms with Crippen LogP contribution in [0.1, 0.15) is 38.8 Å². The first-order valence-electron chi connectivity index (χ1n) is 29.3. The lowest BCUT2D eigenvalue weighted by atomic mass is 9.80. The van der Waals surface area contributed by atoms with Crippen molar-refractivity contribution >= 4 is 119 Å². The van der Waals surface area contributed by atoms with Gasteiger partial charge >= 0.3 is 7.12 Å². The first-order valence-corrected chi connectivity index (χ1v) is 31.8. The summed E-state index contributed by atoms with van der Waals surface area (Å²) in [6.45, 7) is 19.0. The third kappa shape index (κ3) is 15.4. The lowest BCUT2D eigenvalue weighted by Gasteiger charge is -2.36. The minimum Gasteiger partial charge on any atom is -0.495 e. The fourth-order valence-corrected chi connectivity index (χ4v) is 12.4. The Hall–Kier alpha value is -8.90. The topological polar surface area (TPSA) is 213 Å². The summed E-state index contributed by atoms with van der Waals surface area (Å²) < 4.78 is 24.7. The van der Waals surface area contributed by atoms with Crippen molar-refractivity contribution in [3.63, 3.8) is 0 Å². The van der Waals surface area contributed by atoms with Crippen molar-refractivity contribution in [1.82, 2.24) is 29.9 Å². The van der Waals surface area contributed by atoms with E-state index in [9.17, 15) is 0 Å². The van der Waals surface area contributed by atoms with Crippen molar-refractivity contribution in [2.75, 3.05) is 50.2 Å². The average Bonchev–Trinajstić information content (AvgIpc) is 0.860. The fourth-order valence-electron chi connectivity index (χ4n) is 11.1. The van der Waals surface area contributed by atoms with E-state index in [0.29, 0.717) is 27.3 Å².